The summed E-state index contributed by atoms with van der Waals surface area (Å²) in [6.07, 6.45) is 3.30. The number of fused-ring (bicyclic) bond motifs is 2. The van der Waals surface area contributed by atoms with Crippen LogP contribution >= 0.6 is 11.3 Å². The lowest BCUT2D eigenvalue weighted by molar-refractivity contribution is -0.145. The number of pyridine rings is 1. The molecule has 3 aromatic heterocycles. The van der Waals surface area contributed by atoms with Gasteiger partial charge in [-0.05, 0) is 38.8 Å². The number of nitrogens with zero attached hydrogens (tertiary/aromatic N) is 3. The average molecular weight is 370 g/mol. The van der Waals surface area contributed by atoms with Crippen molar-refractivity contribution in [3.8, 4) is 0 Å². The Morgan fingerprint density at radius 3 is 3.04 bits per heavy atom. The van der Waals surface area contributed by atoms with E-state index in [0.717, 1.165) is 22.6 Å². The number of hydrogen-bond acceptors (Lipinski definition) is 6. The molecular formula is C18H18N4O3S. The Morgan fingerprint density at radius 2 is 2.23 bits per heavy atom. The van der Waals surface area contributed by atoms with Crippen molar-refractivity contribution in [2.24, 2.45) is 0 Å². The third-order valence-electron chi connectivity index (χ3n) is 4.43. The molecule has 1 aliphatic carbocycles. The summed E-state index contributed by atoms with van der Waals surface area (Å²) in [5.41, 5.74) is 2.60. The van der Waals surface area contributed by atoms with E-state index in [2.05, 4.69) is 15.3 Å². The Balaban J connectivity index is 1.59. The van der Waals surface area contributed by atoms with Crippen LogP contribution in [0.15, 0.2) is 24.4 Å². The molecule has 8 heteroatoms. The molecule has 1 atom stereocenters. The van der Waals surface area contributed by atoms with E-state index < -0.39 is 0 Å². The molecule has 0 radical (unpaired) electrons. The molecule has 3 heterocycles. The van der Waals surface area contributed by atoms with Gasteiger partial charge in [0.15, 0.2) is 5.13 Å². The zero-order chi connectivity index (χ0) is 18.3. The lowest BCUT2D eigenvalue weighted by Crippen LogP contribution is -2.16. The molecule has 1 amide bonds. The number of ether oxygens (including phenoxy) is 1. The van der Waals surface area contributed by atoms with Crippen molar-refractivity contribution in [3.05, 3.63) is 46.4 Å². The number of nitrogens with one attached hydrogen (secondary N) is 1. The van der Waals surface area contributed by atoms with Gasteiger partial charge in [-0.2, -0.15) is 0 Å². The smallest absolute Gasteiger partial charge is 0.315 e. The van der Waals surface area contributed by atoms with Crippen LogP contribution in [0.2, 0.25) is 0 Å². The predicted octanol–water partition coefficient (Wildman–Crippen LogP) is 2.94. The van der Waals surface area contributed by atoms with Crippen LogP contribution in [0.25, 0.3) is 5.65 Å². The maximum Gasteiger partial charge on any atom is 0.315 e. The highest BCUT2D eigenvalue weighted by atomic mass is 32.1. The van der Waals surface area contributed by atoms with Crippen LogP contribution in [0.5, 0.6) is 0 Å². The van der Waals surface area contributed by atoms with Gasteiger partial charge in [-0.1, -0.05) is 6.07 Å². The van der Waals surface area contributed by atoms with Crippen LogP contribution in [0.1, 0.15) is 46.0 Å². The van der Waals surface area contributed by atoms with Crippen LogP contribution in [0.3, 0.4) is 0 Å². The number of carbonyl (C=O) groups is 2. The van der Waals surface area contributed by atoms with Crippen molar-refractivity contribution in [3.63, 3.8) is 0 Å². The lowest BCUT2D eigenvalue weighted by Gasteiger charge is -2.08. The largest absolute Gasteiger partial charge is 0.465 e. The molecule has 7 nitrogen and oxygen atoms in total. The minimum Gasteiger partial charge on any atom is -0.465 e. The molecule has 26 heavy (non-hydrogen) atoms. The Kier molecular flexibility index (Phi) is 4.20. The molecule has 0 spiro atoms. The second-order valence-electron chi connectivity index (χ2n) is 6.10. The first-order valence-corrected chi connectivity index (χ1v) is 9.31. The molecule has 0 bridgehead atoms. The van der Waals surface area contributed by atoms with E-state index in [1.165, 1.54) is 11.3 Å². The molecule has 4 rings (SSSR count). The van der Waals surface area contributed by atoms with Gasteiger partial charge in [-0.3, -0.25) is 19.3 Å². The number of rotatable bonds is 4. The zero-order valence-corrected chi connectivity index (χ0v) is 15.3. The van der Waals surface area contributed by atoms with Gasteiger partial charge in [0.05, 0.1) is 18.0 Å². The SMILES string of the molecule is CCOC(=O)[C@@H]1CCc2sc(NC(=O)c3c(C)nc4ccccn34)nc21. The van der Waals surface area contributed by atoms with Crippen molar-refractivity contribution in [1.82, 2.24) is 14.4 Å². The van der Waals surface area contributed by atoms with Crippen molar-refractivity contribution < 1.29 is 14.3 Å². The average Bonchev–Trinajstić information content (AvgIpc) is 3.25. The van der Waals surface area contributed by atoms with E-state index in [1.807, 2.05) is 24.4 Å². The van der Waals surface area contributed by atoms with Gasteiger partial charge >= 0.3 is 5.97 Å². The van der Waals surface area contributed by atoms with E-state index in [9.17, 15) is 9.59 Å². The molecular weight excluding hydrogens is 352 g/mol. The quantitative estimate of drug-likeness (QED) is 0.714. The first-order valence-electron chi connectivity index (χ1n) is 8.49. The van der Waals surface area contributed by atoms with Gasteiger partial charge in [0.2, 0.25) is 0 Å². The van der Waals surface area contributed by atoms with Crippen LogP contribution in [0, 0.1) is 6.92 Å². The molecule has 1 aliphatic rings. The summed E-state index contributed by atoms with van der Waals surface area (Å²) in [7, 11) is 0. The first-order chi connectivity index (χ1) is 12.6. The van der Waals surface area contributed by atoms with Crippen molar-refractivity contribution in [2.45, 2.75) is 32.6 Å². The monoisotopic (exact) mass is 370 g/mol. The van der Waals surface area contributed by atoms with Crippen LogP contribution in [-0.2, 0) is 16.0 Å². The summed E-state index contributed by atoms with van der Waals surface area (Å²) in [6.45, 7) is 3.95. The minimum atomic E-state index is -0.329. The highest BCUT2D eigenvalue weighted by Crippen LogP contribution is 2.39. The molecule has 0 aliphatic heterocycles. The number of anilines is 1. The van der Waals surface area contributed by atoms with E-state index in [1.54, 1.807) is 18.2 Å². The number of esters is 1. The molecule has 0 aromatic carbocycles. The molecule has 1 N–H and O–H groups in total. The second kappa shape index (κ2) is 6.53. The molecule has 0 saturated carbocycles. The van der Waals surface area contributed by atoms with E-state index in [4.69, 9.17) is 4.74 Å². The van der Waals surface area contributed by atoms with Gasteiger partial charge in [-0.15, -0.1) is 11.3 Å². The summed E-state index contributed by atoms with van der Waals surface area (Å²) in [5.74, 6) is -0.835. The molecule has 134 valence electrons. The summed E-state index contributed by atoms with van der Waals surface area (Å²) in [4.78, 5) is 34.8. The topological polar surface area (TPSA) is 85.6 Å². The minimum absolute atomic E-state index is 0.243. The number of amides is 1. The third-order valence-corrected chi connectivity index (χ3v) is 5.47. The molecule has 0 unspecified atom stereocenters. The van der Waals surface area contributed by atoms with Gasteiger partial charge in [0.1, 0.15) is 17.3 Å². The number of hydrogen-bond donors (Lipinski definition) is 1. The fourth-order valence-corrected chi connectivity index (χ4v) is 4.33. The first kappa shape index (κ1) is 16.7. The normalized spacial score (nSPS) is 15.8. The number of thiazole rings is 1. The number of imidazole rings is 1. The molecule has 3 aromatic rings. The maximum atomic E-state index is 12.8. The number of aromatic nitrogens is 3. The standard InChI is InChI=1S/C18H18N4O3S/c1-3-25-17(24)11-7-8-12-14(11)20-18(26-12)21-16(23)15-10(2)19-13-6-4-5-9-22(13)15/h4-6,9,11H,3,7-8H2,1-2H3,(H,20,21,23)/t11-/m1/s1. The third kappa shape index (κ3) is 2.76. The van der Waals surface area contributed by atoms with Gasteiger partial charge < -0.3 is 4.74 Å². The Labute approximate surface area is 154 Å². The Hall–Kier alpha value is -2.74. The van der Waals surface area contributed by atoms with Gasteiger partial charge in [-0.25, -0.2) is 9.97 Å². The summed E-state index contributed by atoms with van der Waals surface area (Å²) >= 11 is 1.42. The highest BCUT2D eigenvalue weighted by molar-refractivity contribution is 7.16. The van der Waals surface area contributed by atoms with Gasteiger partial charge in [0, 0.05) is 11.1 Å². The van der Waals surface area contributed by atoms with Crippen LogP contribution in [-0.4, -0.2) is 32.9 Å². The fraction of sp³-hybridized carbons (Fsp3) is 0.333. The summed E-state index contributed by atoms with van der Waals surface area (Å²) in [6, 6.07) is 5.59. The van der Waals surface area contributed by atoms with E-state index >= 15 is 0 Å². The lowest BCUT2D eigenvalue weighted by atomic mass is 10.1. The summed E-state index contributed by atoms with van der Waals surface area (Å²) < 4.78 is 6.88. The van der Waals surface area contributed by atoms with E-state index in [-0.39, 0.29) is 17.8 Å². The Morgan fingerprint density at radius 1 is 1.38 bits per heavy atom. The number of aryl methyl sites for hydroxylation is 2. The predicted molar refractivity (Wildman–Crippen MR) is 97.7 cm³/mol. The maximum absolute atomic E-state index is 12.8. The molecule has 0 fully saturated rings. The van der Waals surface area contributed by atoms with Crippen molar-refractivity contribution >= 4 is 34.0 Å². The van der Waals surface area contributed by atoms with Crippen molar-refractivity contribution in [1.29, 1.82) is 0 Å². The fourth-order valence-electron chi connectivity index (χ4n) is 3.30. The van der Waals surface area contributed by atoms with E-state index in [0.29, 0.717) is 29.5 Å². The van der Waals surface area contributed by atoms with Crippen molar-refractivity contribution in [2.75, 3.05) is 11.9 Å². The van der Waals surface area contributed by atoms with Crippen LogP contribution < -0.4 is 5.32 Å². The zero-order valence-electron chi connectivity index (χ0n) is 14.5. The number of carbonyl (C=O) groups excluding carboxylic acids is 2. The highest BCUT2D eigenvalue weighted by Gasteiger charge is 2.34. The van der Waals surface area contributed by atoms with Crippen LogP contribution in [0.4, 0.5) is 5.13 Å². The van der Waals surface area contributed by atoms with Gasteiger partial charge in [0.25, 0.3) is 5.91 Å². The summed E-state index contributed by atoms with van der Waals surface area (Å²) in [5, 5.41) is 3.35. The Bertz CT molecular complexity index is 1010. The molecule has 0 saturated heterocycles. The second-order valence-corrected chi connectivity index (χ2v) is 7.18.